The fraction of sp³-hybridized carbons (Fsp3) is 0.718. The van der Waals surface area contributed by atoms with Crippen molar-refractivity contribution in [3.8, 4) is 0 Å². The highest BCUT2D eigenvalue weighted by atomic mass is 32.1. The number of nitrogens with two attached hydrogens (primary N) is 5. The fourth-order valence-corrected chi connectivity index (χ4v) is 7.05. The van der Waals surface area contributed by atoms with Gasteiger partial charge < -0.3 is 75.9 Å². The molecule has 25 nitrogen and oxygen atoms in total. The Morgan fingerprint density at radius 1 is 0.712 bits per heavy atom. The molecule has 10 atom stereocenters. The summed E-state index contributed by atoms with van der Waals surface area (Å²) in [6.45, 7) is 7.89. The molecule has 1 fully saturated rings. The van der Waals surface area contributed by atoms with Gasteiger partial charge in [0.2, 0.25) is 59.1 Å². The maximum Gasteiger partial charge on any atom is 0.246 e. The van der Waals surface area contributed by atoms with Crippen molar-refractivity contribution in [3.05, 3.63) is 0 Å². The molecule has 0 saturated carbocycles. The number of aliphatic imine (C=N–C) groups is 1. The van der Waals surface area contributed by atoms with Crippen LogP contribution in [-0.4, -0.2) is 161 Å². The van der Waals surface area contributed by atoms with Crippen molar-refractivity contribution in [1.82, 2.24) is 42.1 Å². The molecule has 27 heteroatoms. The average molecular weight is 975 g/mol. The molecule has 0 spiro atoms. The average Bonchev–Trinajstić information content (AvgIpc) is 3.75. The van der Waals surface area contributed by atoms with Crippen molar-refractivity contribution in [1.29, 1.82) is 0 Å². The predicted molar refractivity (Wildman–Crippen MR) is 249 cm³/mol. The molecule has 10 amide bonds. The molecule has 66 heavy (non-hydrogen) atoms. The largest absolute Gasteiger partial charge is 0.391 e. The van der Waals surface area contributed by atoms with E-state index in [2.05, 4.69) is 67.5 Å². The molecular weight excluding hydrogens is 905 g/mol. The van der Waals surface area contributed by atoms with Crippen molar-refractivity contribution in [3.63, 3.8) is 0 Å². The summed E-state index contributed by atoms with van der Waals surface area (Å²) >= 11 is 8.24. The van der Waals surface area contributed by atoms with Crippen molar-refractivity contribution < 1.29 is 53.1 Å². The highest BCUT2D eigenvalue weighted by molar-refractivity contribution is 7.80. The van der Waals surface area contributed by atoms with Crippen LogP contribution in [0.4, 0.5) is 0 Å². The first-order chi connectivity index (χ1) is 30.9. The third kappa shape index (κ3) is 20.0. The fourth-order valence-electron chi connectivity index (χ4n) is 6.64. The van der Waals surface area contributed by atoms with E-state index >= 15 is 0 Å². The van der Waals surface area contributed by atoms with Gasteiger partial charge in [-0.1, -0.05) is 34.1 Å². The van der Waals surface area contributed by atoms with Crippen molar-refractivity contribution in [2.24, 2.45) is 45.5 Å². The van der Waals surface area contributed by atoms with Crippen molar-refractivity contribution >= 4 is 90.3 Å². The summed E-state index contributed by atoms with van der Waals surface area (Å²) < 4.78 is 0. The van der Waals surface area contributed by atoms with E-state index in [9.17, 15) is 53.1 Å². The number of aliphatic hydroxyl groups excluding tert-OH is 1. The van der Waals surface area contributed by atoms with Crippen LogP contribution in [0.3, 0.4) is 0 Å². The van der Waals surface area contributed by atoms with Crippen LogP contribution < -0.4 is 65.9 Å². The number of thiol groups is 2. The van der Waals surface area contributed by atoms with Gasteiger partial charge in [0, 0.05) is 24.6 Å². The van der Waals surface area contributed by atoms with Crippen LogP contribution in [0.5, 0.6) is 0 Å². The molecule has 1 saturated heterocycles. The summed E-state index contributed by atoms with van der Waals surface area (Å²) in [5, 5.41) is 27.9. The Kier molecular flexibility index (Phi) is 26.0. The van der Waals surface area contributed by atoms with E-state index in [1.807, 2.05) is 13.8 Å². The topological polar surface area (TPSA) is 421 Å². The standard InChI is InChI=1S/C39H70N14O11S2/c1-6-19(4)29(51-34(60)23(13-18(2)3)48-31(57)21(40)16-65)36(62)52-30(20(5)54)37(63)49-24(14-27(41)55)33(59)50-25(17-66)38(64)53-12-8-10-26(53)35(61)47-22(9-7-11-45-39(43)44)32(58)46-15-28(42)56/h18-26,29-30,54,65-66H,6-17,40H2,1-5H3,(H2,41,55)(H2,42,56)(H,46,58)(H,47,61)(H,48,57)(H,49,63)(H,50,59)(H,51,60)(H,52,62)(H4,43,44,45)/t19-,20+,21-,22-,23-,24-,25-,26-,29-,30-/m0/s1. The molecular formula is C39H70N14O11S2. The van der Waals surface area contributed by atoms with Crippen LogP contribution >= 0.6 is 25.3 Å². The highest BCUT2D eigenvalue weighted by Gasteiger charge is 2.40. The Morgan fingerprint density at radius 3 is 1.82 bits per heavy atom. The van der Waals surface area contributed by atoms with E-state index in [0.717, 1.165) is 0 Å². The molecule has 0 aromatic heterocycles. The number of hydrogen-bond donors (Lipinski definition) is 15. The van der Waals surface area contributed by atoms with Gasteiger partial charge in [-0.3, -0.25) is 52.9 Å². The quantitative estimate of drug-likeness (QED) is 0.0144. The Balaban J connectivity index is 3.27. The number of nitrogens with one attached hydrogen (secondary N) is 7. The van der Waals surface area contributed by atoms with Gasteiger partial charge in [0.1, 0.15) is 42.3 Å². The summed E-state index contributed by atoms with van der Waals surface area (Å²) in [4.78, 5) is 136. The molecule has 1 aliphatic heterocycles. The Bertz CT molecular complexity index is 1750. The highest BCUT2D eigenvalue weighted by Crippen LogP contribution is 2.20. The van der Waals surface area contributed by atoms with Crippen molar-refractivity contribution in [2.75, 3.05) is 31.1 Å². The molecule has 1 heterocycles. The van der Waals surface area contributed by atoms with Gasteiger partial charge >= 0.3 is 0 Å². The van der Waals surface area contributed by atoms with Crippen molar-refractivity contribution in [2.45, 2.75) is 134 Å². The van der Waals surface area contributed by atoms with Crippen LogP contribution in [-0.2, 0) is 47.9 Å². The van der Waals surface area contributed by atoms with Crippen LogP contribution in [0.25, 0.3) is 0 Å². The van der Waals surface area contributed by atoms with Crippen LogP contribution in [0.2, 0.25) is 0 Å². The minimum atomic E-state index is -1.76. The Labute approximate surface area is 395 Å². The lowest BCUT2D eigenvalue weighted by molar-refractivity contribution is -0.142. The lowest BCUT2D eigenvalue weighted by atomic mass is 9.96. The van der Waals surface area contributed by atoms with Gasteiger partial charge in [0.15, 0.2) is 5.96 Å². The van der Waals surface area contributed by atoms with E-state index in [1.165, 1.54) is 11.8 Å². The number of amides is 10. The molecule has 0 aromatic rings. The van der Waals surface area contributed by atoms with Gasteiger partial charge in [-0.05, 0) is 50.9 Å². The molecule has 1 rings (SSSR count). The zero-order valence-corrected chi connectivity index (χ0v) is 39.8. The smallest absolute Gasteiger partial charge is 0.246 e. The summed E-state index contributed by atoms with van der Waals surface area (Å²) in [7, 11) is 0. The third-order valence-electron chi connectivity index (χ3n) is 10.4. The van der Waals surface area contributed by atoms with Crippen LogP contribution in [0, 0.1) is 11.8 Å². The number of guanidine groups is 1. The number of primary amides is 2. The zero-order chi connectivity index (χ0) is 50.4. The maximum absolute atomic E-state index is 13.9. The molecule has 0 bridgehead atoms. The van der Waals surface area contributed by atoms with Gasteiger partial charge in [0.25, 0.3) is 0 Å². The second-order valence-electron chi connectivity index (χ2n) is 16.4. The number of likely N-dealkylation sites (tertiary alicyclic amines) is 1. The minimum Gasteiger partial charge on any atom is -0.391 e. The van der Waals surface area contributed by atoms with E-state index < -0.39 is 132 Å². The van der Waals surface area contributed by atoms with Gasteiger partial charge in [0.05, 0.1) is 25.1 Å². The Hall–Kier alpha value is -5.41. The third-order valence-corrected chi connectivity index (χ3v) is 11.2. The number of nitrogens with zero attached hydrogens (tertiary/aromatic N) is 2. The molecule has 374 valence electrons. The SMILES string of the molecule is CC[C@H](C)[C@H](NC(=O)[C@H](CC(C)C)NC(=O)[C@@H](N)CS)C(=O)N[C@H](C(=O)N[C@@H](CC(N)=O)C(=O)N[C@@H](CS)C(=O)N1CCC[C@H]1C(=O)N[C@@H](CCCN=C(N)N)C(=O)NCC(N)=O)[C@@H](C)O. The van der Waals surface area contributed by atoms with Gasteiger partial charge in [-0.15, -0.1) is 0 Å². The molecule has 0 aliphatic carbocycles. The zero-order valence-electron chi connectivity index (χ0n) is 38.0. The minimum absolute atomic E-state index is 0.0102. The lowest BCUT2D eigenvalue weighted by Crippen LogP contribution is -2.63. The van der Waals surface area contributed by atoms with E-state index in [0.29, 0.717) is 12.8 Å². The summed E-state index contributed by atoms with van der Waals surface area (Å²) in [5.74, 6) is -9.66. The first kappa shape index (κ1) is 58.6. The molecule has 18 N–H and O–H groups in total. The molecule has 0 unspecified atom stereocenters. The van der Waals surface area contributed by atoms with E-state index in [4.69, 9.17) is 28.7 Å². The summed E-state index contributed by atoms with van der Waals surface area (Å²) in [5.41, 5.74) is 27.1. The summed E-state index contributed by atoms with van der Waals surface area (Å²) in [6.07, 6.45) is -1.04. The van der Waals surface area contributed by atoms with Crippen LogP contribution in [0.1, 0.15) is 79.6 Å². The number of carbonyl (C=O) groups excluding carboxylic acids is 10. The second kappa shape index (κ2) is 29.3. The molecule has 0 aromatic carbocycles. The van der Waals surface area contributed by atoms with E-state index in [1.54, 1.807) is 13.8 Å². The first-order valence-corrected chi connectivity index (χ1v) is 22.8. The van der Waals surface area contributed by atoms with Gasteiger partial charge in [-0.2, -0.15) is 25.3 Å². The second-order valence-corrected chi connectivity index (χ2v) is 17.2. The maximum atomic E-state index is 13.9. The Morgan fingerprint density at radius 2 is 1.29 bits per heavy atom. The van der Waals surface area contributed by atoms with Crippen LogP contribution in [0.15, 0.2) is 4.99 Å². The van der Waals surface area contributed by atoms with E-state index in [-0.39, 0.29) is 62.2 Å². The first-order valence-electron chi connectivity index (χ1n) is 21.6. The normalized spacial score (nSPS) is 17.5. The molecule has 1 aliphatic rings. The number of aliphatic hydroxyl groups is 1. The number of carbonyl (C=O) groups is 10. The van der Waals surface area contributed by atoms with Gasteiger partial charge in [-0.25, -0.2) is 0 Å². The number of rotatable bonds is 29. The lowest BCUT2D eigenvalue weighted by Gasteiger charge is -2.31. The molecule has 0 radical (unpaired) electrons. The predicted octanol–water partition coefficient (Wildman–Crippen LogP) is -5.92. The monoisotopic (exact) mass is 974 g/mol. The number of hydrogen-bond acceptors (Lipinski definition) is 15. The summed E-state index contributed by atoms with van der Waals surface area (Å²) in [6, 6.07) is -10.6.